The van der Waals surface area contributed by atoms with Crippen LogP contribution in [0, 0.1) is 19.8 Å². The van der Waals surface area contributed by atoms with Gasteiger partial charge in [-0.2, -0.15) is 0 Å². The van der Waals surface area contributed by atoms with E-state index in [-0.39, 0.29) is 12.6 Å². The maximum absolute atomic E-state index is 9.89. The molecule has 1 unspecified atom stereocenters. The zero-order valence-corrected chi connectivity index (χ0v) is 19.9. The van der Waals surface area contributed by atoms with Crippen LogP contribution in [0.1, 0.15) is 62.1 Å². The first-order chi connectivity index (χ1) is 15.5. The summed E-state index contributed by atoms with van der Waals surface area (Å²) in [6.07, 6.45) is 6.76. The Balaban J connectivity index is 1.67. The third-order valence-electron chi connectivity index (χ3n) is 6.74. The van der Waals surface area contributed by atoms with Crippen molar-refractivity contribution in [3.8, 4) is 5.75 Å². The number of hydrogen-bond acceptors (Lipinski definition) is 5. The number of aromatic nitrogens is 2. The van der Waals surface area contributed by atoms with Crippen LogP contribution in [0.2, 0.25) is 0 Å². The molecule has 2 aromatic heterocycles. The number of fused-ring (bicyclic) bond motifs is 1. The maximum atomic E-state index is 9.89. The number of ether oxygens (including phenoxy) is 1. The lowest BCUT2D eigenvalue weighted by Gasteiger charge is -2.34. The molecule has 0 bridgehead atoms. The van der Waals surface area contributed by atoms with Crippen molar-refractivity contribution < 1.29 is 14.4 Å². The van der Waals surface area contributed by atoms with Crippen molar-refractivity contribution in [2.24, 2.45) is 5.92 Å². The van der Waals surface area contributed by atoms with Crippen molar-refractivity contribution in [1.29, 1.82) is 0 Å². The standard InChI is InChI=1S/C26H37N3O3/c1-18(2)10-12-31-23-8-9-26-24(13-23)21(14-28-11-6-5-7-22(28)17-30)15-29(26)16-25-19(3)27-32-20(25)4/h8-9,13,15,18,22,30H,5-7,10-12,14,16-17H2,1-4H3. The quantitative estimate of drug-likeness (QED) is 0.504. The SMILES string of the molecule is Cc1noc(C)c1Cn1cc(CN2CCCCC2CO)c2cc(OCCC(C)C)ccc21. The van der Waals surface area contributed by atoms with Crippen LogP contribution in [0.15, 0.2) is 28.9 Å². The third-order valence-corrected chi connectivity index (χ3v) is 6.74. The van der Waals surface area contributed by atoms with Crippen LogP contribution in [-0.4, -0.2) is 45.5 Å². The van der Waals surface area contributed by atoms with Gasteiger partial charge in [0.15, 0.2) is 0 Å². The summed E-state index contributed by atoms with van der Waals surface area (Å²) in [4.78, 5) is 2.44. The molecular weight excluding hydrogens is 402 g/mol. The Morgan fingerprint density at radius 2 is 2.06 bits per heavy atom. The zero-order valence-electron chi connectivity index (χ0n) is 19.9. The summed E-state index contributed by atoms with van der Waals surface area (Å²) in [5.41, 5.74) is 4.54. The number of aryl methyl sites for hydroxylation is 2. The summed E-state index contributed by atoms with van der Waals surface area (Å²) in [5.74, 6) is 2.42. The summed E-state index contributed by atoms with van der Waals surface area (Å²) >= 11 is 0. The van der Waals surface area contributed by atoms with Gasteiger partial charge in [-0.05, 0) is 69.3 Å². The maximum Gasteiger partial charge on any atom is 0.138 e. The van der Waals surface area contributed by atoms with E-state index in [0.717, 1.165) is 61.8 Å². The van der Waals surface area contributed by atoms with Gasteiger partial charge >= 0.3 is 0 Å². The molecule has 0 spiro atoms. The van der Waals surface area contributed by atoms with E-state index in [2.05, 4.69) is 52.9 Å². The van der Waals surface area contributed by atoms with Crippen LogP contribution >= 0.6 is 0 Å². The molecule has 174 valence electrons. The molecule has 0 amide bonds. The van der Waals surface area contributed by atoms with Gasteiger partial charge in [0.2, 0.25) is 0 Å². The fourth-order valence-corrected chi connectivity index (χ4v) is 4.70. The molecule has 1 saturated heterocycles. The smallest absolute Gasteiger partial charge is 0.138 e. The monoisotopic (exact) mass is 439 g/mol. The second-order valence-corrected chi connectivity index (χ2v) is 9.60. The Hall–Kier alpha value is -2.31. The summed E-state index contributed by atoms with van der Waals surface area (Å²) in [7, 11) is 0. The minimum atomic E-state index is 0.223. The van der Waals surface area contributed by atoms with Crippen molar-refractivity contribution in [1.82, 2.24) is 14.6 Å². The average molecular weight is 440 g/mol. The van der Waals surface area contributed by atoms with Gasteiger partial charge in [-0.25, -0.2) is 0 Å². The molecule has 3 heterocycles. The Bertz CT molecular complexity index is 1020. The molecule has 1 aliphatic heterocycles. The van der Waals surface area contributed by atoms with Crippen molar-refractivity contribution in [3.63, 3.8) is 0 Å². The number of aliphatic hydroxyl groups excluding tert-OH is 1. The minimum absolute atomic E-state index is 0.223. The number of hydrogen-bond donors (Lipinski definition) is 1. The summed E-state index contributed by atoms with van der Waals surface area (Å²) < 4.78 is 13.8. The van der Waals surface area contributed by atoms with E-state index in [9.17, 15) is 5.11 Å². The molecule has 6 nitrogen and oxygen atoms in total. The molecule has 0 radical (unpaired) electrons. The molecule has 1 fully saturated rings. The molecule has 0 aliphatic carbocycles. The van der Waals surface area contributed by atoms with Gasteiger partial charge in [-0.3, -0.25) is 4.90 Å². The highest BCUT2D eigenvalue weighted by Gasteiger charge is 2.23. The summed E-state index contributed by atoms with van der Waals surface area (Å²) in [6.45, 7) is 12.0. The molecule has 1 aromatic carbocycles. The Morgan fingerprint density at radius 3 is 2.78 bits per heavy atom. The van der Waals surface area contributed by atoms with Crippen LogP contribution < -0.4 is 4.74 Å². The van der Waals surface area contributed by atoms with Gasteiger partial charge in [0, 0.05) is 35.2 Å². The Morgan fingerprint density at radius 1 is 1.22 bits per heavy atom. The van der Waals surface area contributed by atoms with Gasteiger partial charge in [0.1, 0.15) is 11.5 Å². The first kappa shape index (κ1) is 22.9. The van der Waals surface area contributed by atoms with Gasteiger partial charge < -0.3 is 18.9 Å². The average Bonchev–Trinajstić information content (AvgIpc) is 3.28. The molecular formula is C26H37N3O3. The number of benzene rings is 1. The van der Waals surface area contributed by atoms with Crippen LogP contribution in [0.4, 0.5) is 0 Å². The largest absolute Gasteiger partial charge is 0.494 e. The highest BCUT2D eigenvalue weighted by atomic mass is 16.5. The zero-order chi connectivity index (χ0) is 22.7. The number of likely N-dealkylation sites (tertiary alicyclic amines) is 1. The number of piperidine rings is 1. The Labute approximate surface area is 191 Å². The number of nitrogens with zero attached hydrogens (tertiary/aromatic N) is 3. The summed E-state index contributed by atoms with van der Waals surface area (Å²) in [5, 5.41) is 15.2. The first-order valence-electron chi connectivity index (χ1n) is 12.0. The lowest BCUT2D eigenvalue weighted by Crippen LogP contribution is -2.41. The van der Waals surface area contributed by atoms with E-state index in [4.69, 9.17) is 9.26 Å². The fraction of sp³-hybridized carbons (Fsp3) is 0.577. The van der Waals surface area contributed by atoms with E-state index in [1.807, 2.05) is 13.8 Å². The Kier molecular flexibility index (Phi) is 7.21. The van der Waals surface area contributed by atoms with Gasteiger partial charge in [-0.1, -0.05) is 25.4 Å². The lowest BCUT2D eigenvalue weighted by molar-refractivity contribution is 0.0844. The number of aliphatic hydroxyl groups is 1. The predicted molar refractivity (Wildman–Crippen MR) is 127 cm³/mol. The van der Waals surface area contributed by atoms with Crippen LogP contribution in [0.3, 0.4) is 0 Å². The minimum Gasteiger partial charge on any atom is -0.494 e. The van der Waals surface area contributed by atoms with E-state index in [1.54, 1.807) is 0 Å². The molecule has 1 aliphatic rings. The van der Waals surface area contributed by atoms with E-state index < -0.39 is 0 Å². The van der Waals surface area contributed by atoms with Crippen LogP contribution in [0.25, 0.3) is 10.9 Å². The van der Waals surface area contributed by atoms with Crippen molar-refractivity contribution in [2.75, 3.05) is 19.8 Å². The first-order valence-corrected chi connectivity index (χ1v) is 12.0. The molecule has 4 rings (SSSR count). The molecule has 1 N–H and O–H groups in total. The third kappa shape index (κ3) is 5.02. The predicted octanol–water partition coefficient (Wildman–Crippen LogP) is 5.07. The highest BCUT2D eigenvalue weighted by Crippen LogP contribution is 2.30. The highest BCUT2D eigenvalue weighted by molar-refractivity contribution is 5.85. The molecule has 32 heavy (non-hydrogen) atoms. The topological polar surface area (TPSA) is 63.7 Å². The fourth-order valence-electron chi connectivity index (χ4n) is 4.70. The summed E-state index contributed by atoms with van der Waals surface area (Å²) in [6, 6.07) is 6.68. The second-order valence-electron chi connectivity index (χ2n) is 9.60. The molecule has 0 saturated carbocycles. The van der Waals surface area contributed by atoms with E-state index in [1.165, 1.54) is 29.3 Å². The van der Waals surface area contributed by atoms with Gasteiger partial charge in [-0.15, -0.1) is 0 Å². The second kappa shape index (κ2) is 10.1. The molecule has 1 atom stereocenters. The number of rotatable bonds is 9. The van der Waals surface area contributed by atoms with E-state index >= 15 is 0 Å². The van der Waals surface area contributed by atoms with E-state index in [0.29, 0.717) is 5.92 Å². The molecule has 6 heteroatoms. The normalized spacial score (nSPS) is 17.5. The van der Waals surface area contributed by atoms with Crippen molar-refractivity contribution in [3.05, 3.63) is 47.0 Å². The molecule has 3 aromatic rings. The van der Waals surface area contributed by atoms with Gasteiger partial charge in [0.05, 0.1) is 25.5 Å². The van der Waals surface area contributed by atoms with Crippen molar-refractivity contribution in [2.45, 2.75) is 72.5 Å². The van der Waals surface area contributed by atoms with Crippen LogP contribution in [-0.2, 0) is 13.1 Å². The van der Waals surface area contributed by atoms with Crippen molar-refractivity contribution >= 4 is 10.9 Å². The van der Waals surface area contributed by atoms with Crippen LogP contribution in [0.5, 0.6) is 5.75 Å². The lowest BCUT2D eigenvalue weighted by atomic mass is 10.0. The van der Waals surface area contributed by atoms with Gasteiger partial charge in [0.25, 0.3) is 0 Å².